The predicted octanol–water partition coefficient (Wildman–Crippen LogP) is 0.652. The lowest BCUT2D eigenvalue weighted by Gasteiger charge is -2.34. The molecule has 3 rings (SSSR count). The summed E-state index contributed by atoms with van der Waals surface area (Å²) in [6.07, 6.45) is 4.45. The molecule has 0 bridgehead atoms. The van der Waals surface area contributed by atoms with Gasteiger partial charge in [-0.25, -0.2) is 9.67 Å². The third-order valence-corrected chi connectivity index (χ3v) is 4.58. The van der Waals surface area contributed by atoms with Crippen LogP contribution in [0, 0.1) is 6.92 Å². The molecule has 1 saturated heterocycles. The van der Waals surface area contributed by atoms with Crippen molar-refractivity contribution >= 4 is 17.5 Å². The highest BCUT2D eigenvalue weighted by Crippen LogP contribution is 2.17. The molecule has 2 aromatic rings. The van der Waals surface area contributed by atoms with Gasteiger partial charge in [-0.05, 0) is 13.3 Å². The lowest BCUT2D eigenvalue weighted by molar-refractivity contribution is 0.0374. The lowest BCUT2D eigenvalue weighted by atomic mass is 10.2. The van der Waals surface area contributed by atoms with Crippen LogP contribution in [0.2, 0.25) is 0 Å². The highest BCUT2D eigenvalue weighted by Gasteiger charge is 2.21. The van der Waals surface area contributed by atoms with Crippen molar-refractivity contribution in [3.8, 4) is 0 Å². The number of hydrogen-bond donors (Lipinski definition) is 1. The molecule has 1 unspecified atom stereocenters. The molecule has 0 amide bonds. The Morgan fingerprint density at radius 3 is 2.93 bits per heavy atom. The first-order valence-electron chi connectivity index (χ1n) is 9.09. The maximum atomic E-state index is 11.8. The zero-order chi connectivity index (χ0) is 19.4. The van der Waals surface area contributed by atoms with Crippen LogP contribution in [-0.2, 0) is 11.8 Å². The van der Waals surface area contributed by atoms with Crippen molar-refractivity contribution < 1.29 is 4.74 Å². The van der Waals surface area contributed by atoms with E-state index < -0.39 is 0 Å². The molecule has 0 radical (unpaired) electrons. The minimum Gasteiger partial charge on any atom is -0.374 e. The van der Waals surface area contributed by atoms with Crippen molar-refractivity contribution in [2.24, 2.45) is 7.05 Å². The van der Waals surface area contributed by atoms with Crippen molar-refractivity contribution in [1.29, 1.82) is 0 Å². The van der Waals surface area contributed by atoms with E-state index in [1.807, 2.05) is 32.1 Å². The van der Waals surface area contributed by atoms with Crippen molar-refractivity contribution in [2.45, 2.75) is 19.4 Å². The van der Waals surface area contributed by atoms with Gasteiger partial charge in [-0.2, -0.15) is 10.1 Å². The Morgan fingerprint density at radius 2 is 2.19 bits per heavy atom. The van der Waals surface area contributed by atoms with E-state index in [-0.39, 0.29) is 11.7 Å². The van der Waals surface area contributed by atoms with Crippen molar-refractivity contribution in [2.75, 3.05) is 55.5 Å². The van der Waals surface area contributed by atoms with Crippen LogP contribution in [0.3, 0.4) is 0 Å². The van der Waals surface area contributed by atoms with Gasteiger partial charge in [0.05, 0.1) is 24.6 Å². The molecule has 9 heteroatoms. The summed E-state index contributed by atoms with van der Waals surface area (Å²) in [5.74, 6) is 1.53. The van der Waals surface area contributed by atoms with E-state index >= 15 is 0 Å². The summed E-state index contributed by atoms with van der Waals surface area (Å²) in [6, 6.07) is 1.62. The summed E-state index contributed by atoms with van der Waals surface area (Å²) in [4.78, 5) is 24.8. The van der Waals surface area contributed by atoms with E-state index in [2.05, 4.69) is 25.3 Å². The van der Waals surface area contributed by atoms with Gasteiger partial charge in [0, 0.05) is 58.6 Å². The fourth-order valence-electron chi connectivity index (χ4n) is 3.08. The molecule has 2 aromatic heterocycles. The maximum absolute atomic E-state index is 11.8. The Labute approximate surface area is 159 Å². The number of nitrogens with zero attached hydrogens (tertiary/aromatic N) is 6. The van der Waals surface area contributed by atoms with Gasteiger partial charge >= 0.3 is 0 Å². The first-order chi connectivity index (χ1) is 12.9. The Hall–Kier alpha value is -2.68. The van der Waals surface area contributed by atoms with E-state index in [0.29, 0.717) is 19.1 Å². The molecule has 3 heterocycles. The smallest absolute Gasteiger partial charge is 0.268 e. The second kappa shape index (κ2) is 8.34. The normalized spacial score (nSPS) is 17.0. The molecule has 0 aliphatic carbocycles. The molecule has 0 saturated carbocycles. The number of ether oxygens (including phenoxy) is 1. The number of aryl methyl sites for hydroxylation is 2. The number of nitrogens with one attached hydrogen (secondary N) is 1. The average molecular weight is 373 g/mol. The Kier molecular flexibility index (Phi) is 5.90. The largest absolute Gasteiger partial charge is 0.374 e. The summed E-state index contributed by atoms with van der Waals surface area (Å²) >= 11 is 0. The molecular weight excluding hydrogens is 346 g/mol. The van der Waals surface area contributed by atoms with Crippen molar-refractivity contribution in [1.82, 2.24) is 19.7 Å². The summed E-state index contributed by atoms with van der Waals surface area (Å²) in [7, 11) is 5.58. The van der Waals surface area contributed by atoms with Crippen LogP contribution >= 0.6 is 0 Å². The van der Waals surface area contributed by atoms with Gasteiger partial charge in [-0.3, -0.25) is 4.79 Å². The van der Waals surface area contributed by atoms with Crippen molar-refractivity contribution in [3.05, 3.63) is 34.4 Å². The number of anilines is 3. The number of rotatable bonds is 6. The summed E-state index contributed by atoms with van der Waals surface area (Å²) in [6.45, 7) is 4.82. The first kappa shape index (κ1) is 19.1. The SMILES string of the molecule is Cc1cnc(NCCC2CN(c3cnn(C)c(=O)c3)CCO2)nc1N(C)C. The van der Waals surface area contributed by atoms with Gasteiger partial charge < -0.3 is 19.9 Å². The van der Waals surface area contributed by atoms with E-state index in [1.165, 1.54) is 4.68 Å². The zero-order valence-electron chi connectivity index (χ0n) is 16.3. The third-order valence-electron chi connectivity index (χ3n) is 4.58. The fraction of sp³-hybridized carbons (Fsp3) is 0.556. The quantitative estimate of drug-likeness (QED) is 0.790. The summed E-state index contributed by atoms with van der Waals surface area (Å²) in [5.41, 5.74) is 1.78. The highest BCUT2D eigenvalue weighted by molar-refractivity contribution is 5.47. The molecule has 1 atom stereocenters. The molecule has 1 fully saturated rings. The summed E-state index contributed by atoms with van der Waals surface area (Å²) < 4.78 is 7.20. The van der Waals surface area contributed by atoms with E-state index in [4.69, 9.17) is 4.74 Å². The average Bonchev–Trinajstić information content (AvgIpc) is 2.65. The summed E-state index contributed by atoms with van der Waals surface area (Å²) in [5, 5.41) is 7.37. The maximum Gasteiger partial charge on any atom is 0.268 e. The second-order valence-corrected chi connectivity index (χ2v) is 6.92. The molecule has 1 aliphatic heterocycles. The minimum atomic E-state index is -0.106. The van der Waals surface area contributed by atoms with Crippen molar-refractivity contribution in [3.63, 3.8) is 0 Å². The van der Waals surface area contributed by atoms with Gasteiger partial charge in [-0.1, -0.05) is 0 Å². The van der Waals surface area contributed by atoms with Crippen LogP contribution in [0.15, 0.2) is 23.3 Å². The van der Waals surface area contributed by atoms with Crippen LogP contribution in [0.4, 0.5) is 17.5 Å². The fourth-order valence-corrected chi connectivity index (χ4v) is 3.08. The van der Waals surface area contributed by atoms with Crippen LogP contribution in [-0.4, -0.2) is 66.2 Å². The Bertz CT molecular complexity index is 837. The molecule has 9 nitrogen and oxygen atoms in total. The Balaban J connectivity index is 1.55. The standard InChI is InChI=1S/C18H27N7O2/c1-13-10-20-18(22-17(13)23(2)3)19-6-5-15-12-25(7-8-27-15)14-9-16(26)24(4)21-11-14/h9-11,15H,5-8,12H2,1-4H3,(H,19,20,22). The van der Waals surface area contributed by atoms with Gasteiger partial charge in [0.2, 0.25) is 5.95 Å². The number of aromatic nitrogens is 4. The van der Waals surface area contributed by atoms with Crippen LogP contribution in [0.25, 0.3) is 0 Å². The third kappa shape index (κ3) is 4.73. The molecule has 0 spiro atoms. The topological polar surface area (TPSA) is 88.4 Å². The minimum absolute atomic E-state index is 0.0778. The van der Waals surface area contributed by atoms with E-state index in [0.717, 1.165) is 36.6 Å². The number of hydrogen-bond acceptors (Lipinski definition) is 8. The van der Waals surface area contributed by atoms with Crippen LogP contribution in [0.1, 0.15) is 12.0 Å². The molecule has 27 heavy (non-hydrogen) atoms. The van der Waals surface area contributed by atoms with Gasteiger partial charge in [0.1, 0.15) is 5.82 Å². The highest BCUT2D eigenvalue weighted by atomic mass is 16.5. The number of morpholine rings is 1. The zero-order valence-corrected chi connectivity index (χ0v) is 16.3. The van der Waals surface area contributed by atoms with E-state index in [9.17, 15) is 4.79 Å². The predicted molar refractivity (Wildman–Crippen MR) is 106 cm³/mol. The molecular formula is C18H27N7O2. The molecule has 1 N–H and O–H groups in total. The first-order valence-corrected chi connectivity index (χ1v) is 9.09. The molecule has 0 aromatic carbocycles. The van der Waals surface area contributed by atoms with Gasteiger partial charge in [0.25, 0.3) is 5.56 Å². The van der Waals surface area contributed by atoms with Crippen LogP contribution < -0.4 is 20.7 Å². The Morgan fingerprint density at radius 1 is 1.37 bits per heavy atom. The van der Waals surface area contributed by atoms with Gasteiger partial charge in [-0.15, -0.1) is 0 Å². The lowest BCUT2D eigenvalue weighted by Crippen LogP contribution is -2.43. The van der Waals surface area contributed by atoms with Gasteiger partial charge in [0.15, 0.2) is 0 Å². The second-order valence-electron chi connectivity index (χ2n) is 6.92. The molecule has 146 valence electrons. The van der Waals surface area contributed by atoms with E-state index in [1.54, 1.807) is 19.3 Å². The molecule has 1 aliphatic rings. The monoisotopic (exact) mass is 373 g/mol. The van der Waals surface area contributed by atoms with Crippen LogP contribution in [0.5, 0.6) is 0 Å².